The van der Waals surface area contributed by atoms with Gasteiger partial charge in [0.25, 0.3) is 0 Å². The van der Waals surface area contributed by atoms with Gasteiger partial charge in [-0.15, -0.1) is 0 Å². The second-order valence-corrected chi connectivity index (χ2v) is 2.24. The van der Waals surface area contributed by atoms with Crippen molar-refractivity contribution in [3.63, 3.8) is 0 Å². The van der Waals surface area contributed by atoms with Crippen LogP contribution in [0.5, 0.6) is 0 Å². The monoisotopic (exact) mass is 272 g/mol. The van der Waals surface area contributed by atoms with Gasteiger partial charge in [0.1, 0.15) is 0 Å². The average molecular weight is 272 g/mol. The van der Waals surface area contributed by atoms with E-state index >= 15 is 0 Å². The zero-order valence-electron chi connectivity index (χ0n) is 2.39. The van der Waals surface area contributed by atoms with E-state index < -0.39 is 34.9 Å². The molecule has 0 aromatic rings. The molecule has 0 unspecified atom stereocenters. The van der Waals surface area contributed by atoms with Gasteiger partial charge in [-0.3, -0.25) is 0 Å². The second-order valence-electron chi connectivity index (χ2n) is 0.156. The van der Waals surface area contributed by atoms with Crippen LogP contribution in [0.2, 0.25) is 0 Å². The molecule has 0 amide bonds. The SMILES string of the molecule is O.[O]=[Rh][O][Rh]=[O]. The van der Waals surface area contributed by atoms with E-state index in [1.54, 1.807) is 0 Å². The predicted octanol–water partition coefficient (Wildman–Crippen LogP) is -1.14. The van der Waals surface area contributed by atoms with Crippen molar-refractivity contribution < 1.29 is 49.9 Å². The summed E-state index contributed by atoms with van der Waals surface area (Å²) in [5.41, 5.74) is 0. The molecule has 0 aliphatic carbocycles. The summed E-state index contributed by atoms with van der Waals surface area (Å²) in [4.78, 5) is 0. The van der Waals surface area contributed by atoms with Crippen LogP contribution in [0.3, 0.4) is 0 Å². The van der Waals surface area contributed by atoms with Crippen LogP contribution in [-0.2, 0) is 44.4 Å². The fraction of sp³-hybridized carbons (Fsp3) is 0. The molecule has 0 fully saturated rings. The molecule has 0 bridgehead atoms. The third-order valence-electron chi connectivity index (χ3n) is 0.0370. The van der Waals surface area contributed by atoms with Gasteiger partial charge in [-0.2, -0.15) is 0 Å². The van der Waals surface area contributed by atoms with Crippen molar-refractivity contribution in [3.05, 3.63) is 0 Å². The Morgan fingerprint density at radius 2 is 1.50 bits per heavy atom. The van der Waals surface area contributed by atoms with Gasteiger partial charge in [-0.1, -0.05) is 0 Å². The van der Waals surface area contributed by atoms with Gasteiger partial charge in [0.05, 0.1) is 0 Å². The fourth-order valence-electron chi connectivity index (χ4n) is 0.00756. The Morgan fingerprint density at radius 3 is 1.50 bits per heavy atom. The molecular formula is H2O4Rh2. The Labute approximate surface area is 50.1 Å². The first-order valence-corrected chi connectivity index (χ1v) is 3.22. The van der Waals surface area contributed by atoms with Crippen molar-refractivity contribution in [2.24, 2.45) is 0 Å². The summed E-state index contributed by atoms with van der Waals surface area (Å²) in [6, 6.07) is 0. The summed E-state index contributed by atoms with van der Waals surface area (Å²) in [6.45, 7) is 0. The third kappa shape index (κ3) is 8.84. The van der Waals surface area contributed by atoms with E-state index in [4.69, 9.17) is 0 Å². The van der Waals surface area contributed by atoms with Crippen LogP contribution in [0.1, 0.15) is 0 Å². The van der Waals surface area contributed by atoms with E-state index in [0.717, 1.165) is 0 Å². The van der Waals surface area contributed by atoms with Crippen molar-refractivity contribution in [1.82, 2.24) is 0 Å². The molecule has 0 aromatic carbocycles. The van der Waals surface area contributed by atoms with Crippen LogP contribution in [0.15, 0.2) is 0 Å². The molecule has 0 aromatic heterocycles. The molecular weight excluding hydrogens is 270 g/mol. The van der Waals surface area contributed by atoms with Gasteiger partial charge in [0.15, 0.2) is 0 Å². The van der Waals surface area contributed by atoms with Crippen molar-refractivity contribution in [2.75, 3.05) is 0 Å². The van der Waals surface area contributed by atoms with Crippen molar-refractivity contribution in [3.8, 4) is 0 Å². The van der Waals surface area contributed by atoms with Gasteiger partial charge in [0.2, 0.25) is 0 Å². The summed E-state index contributed by atoms with van der Waals surface area (Å²) >= 11 is -2.31. The van der Waals surface area contributed by atoms with Gasteiger partial charge in [0, 0.05) is 0 Å². The maximum absolute atomic E-state index is 9.20. The molecule has 0 heterocycles. The van der Waals surface area contributed by atoms with Crippen molar-refractivity contribution in [2.45, 2.75) is 0 Å². The first kappa shape index (κ1) is 9.90. The molecule has 6 heavy (non-hydrogen) atoms. The molecule has 0 spiro atoms. The number of rotatable bonds is 2. The van der Waals surface area contributed by atoms with E-state index in [0.29, 0.717) is 0 Å². The van der Waals surface area contributed by atoms with Gasteiger partial charge < -0.3 is 5.48 Å². The van der Waals surface area contributed by atoms with E-state index in [2.05, 4.69) is 2.39 Å². The third-order valence-corrected chi connectivity index (χ3v) is 1.30. The normalized spacial score (nSPS) is 8.00. The summed E-state index contributed by atoms with van der Waals surface area (Å²) in [5, 5.41) is 0. The Bertz CT molecular complexity index is 34.8. The molecule has 0 saturated heterocycles. The van der Waals surface area contributed by atoms with Crippen LogP contribution >= 0.6 is 0 Å². The Hall–Kier alpha value is 0.767. The summed E-state index contributed by atoms with van der Waals surface area (Å²) in [5.74, 6) is 0. The molecule has 0 atom stereocenters. The van der Waals surface area contributed by atoms with Crippen LogP contribution in [0.4, 0.5) is 0 Å². The Kier molecular flexibility index (Phi) is 15.2. The van der Waals surface area contributed by atoms with Crippen LogP contribution in [0, 0.1) is 0 Å². The molecule has 0 rings (SSSR count). The van der Waals surface area contributed by atoms with Crippen molar-refractivity contribution >= 4 is 0 Å². The predicted molar refractivity (Wildman–Crippen MR) is 6.07 cm³/mol. The summed E-state index contributed by atoms with van der Waals surface area (Å²) in [6.07, 6.45) is 0. The summed E-state index contributed by atoms with van der Waals surface area (Å²) < 4.78 is 22.3. The number of hydrogen-bond acceptors (Lipinski definition) is 3. The molecule has 4 nitrogen and oxygen atoms in total. The van der Waals surface area contributed by atoms with E-state index in [-0.39, 0.29) is 5.48 Å². The standard InChI is InChI=1S/H2O.3O.2Rh/h1H2;;;;;. The van der Waals surface area contributed by atoms with Crippen LogP contribution in [-0.4, -0.2) is 5.48 Å². The van der Waals surface area contributed by atoms with E-state index in [1.165, 1.54) is 0 Å². The minimum absolute atomic E-state index is 0. The first-order valence-electron chi connectivity index (χ1n) is 0.544. The molecule has 0 aliphatic rings. The molecule has 6 heteroatoms. The van der Waals surface area contributed by atoms with Gasteiger partial charge >= 0.3 is 44.4 Å². The summed E-state index contributed by atoms with van der Waals surface area (Å²) in [7, 11) is 0. The number of hydrogen-bond donors (Lipinski definition) is 0. The van der Waals surface area contributed by atoms with Crippen LogP contribution < -0.4 is 0 Å². The Morgan fingerprint density at radius 1 is 1.17 bits per heavy atom. The zero-order chi connectivity index (χ0) is 4.12. The topological polar surface area (TPSA) is 74.9 Å². The molecule has 0 radical (unpaired) electrons. The van der Waals surface area contributed by atoms with Gasteiger partial charge in [-0.05, 0) is 0 Å². The fourth-order valence-corrected chi connectivity index (χ4v) is 0.265. The van der Waals surface area contributed by atoms with Crippen molar-refractivity contribution in [1.29, 1.82) is 0 Å². The second kappa shape index (κ2) is 9.24. The molecule has 44 valence electrons. The van der Waals surface area contributed by atoms with E-state index in [1.807, 2.05) is 0 Å². The first-order chi connectivity index (χ1) is 2.41. The Balaban J connectivity index is 0. The molecule has 0 aliphatic heterocycles. The average Bonchev–Trinajstić information content (AvgIpc) is 1.41. The van der Waals surface area contributed by atoms with Crippen LogP contribution in [0.25, 0.3) is 0 Å². The minimum atomic E-state index is -1.16. The zero-order valence-corrected chi connectivity index (χ0v) is 5.67. The van der Waals surface area contributed by atoms with E-state index in [9.17, 15) is 7.15 Å². The maximum atomic E-state index is 9.20. The van der Waals surface area contributed by atoms with Gasteiger partial charge in [-0.25, -0.2) is 0 Å². The molecule has 2 N–H and O–H groups in total. The molecule has 0 saturated carbocycles. The quantitative estimate of drug-likeness (QED) is 0.596.